The highest BCUT2D eigenvalue weighted by molar-refractivity contribution is 5.67. The molecule has 4 rings (SSSR count). The van der Waals surface area contributed by atoms with Crippen molar-refractivity contribution in [1.29, 1.82) is 0 Å². The molecule has 0 saturated heterocycles. The Morgan fingerprint density at radius 1 is 1.15 bits per heavy atom. The molecular weight excluding hydrogens is 328 g/mol. The average Bonchev–Trinajstić information content (AvgIpc) is 3.09. The molecule has 1 atom stereocenters. The molecule has 0 bridgehead atoms. The SMILES string of the molecule is CCc1ccccc1-c1ccc(OCC2Cn3ccc(=O)nc3O2)cc1. The van der Waals surface area contributed by atoms with Crippen LogP contribution in [0.25, 0.3) is 11.1 Å². The third-order valence-electron chi connectivity index (χ3n) is 4.52. The van der Waals surface area contributed by atoms with Gasteiger partial charge in [0.1, 0.15) is 12.4 Å². The third-order valence-corrected chi connectivity index (χ3v) is 4.52. The Morgan fingerprint density at radius 2 is 1.96 bits per heavy atom. The zero-order valence-corrected chi connectivity index (χ0v) is 14.6. The lowest BCUT2D eigenvalue weighted by atomic mass is 9.98. The van der Waals surface area contributed by atoms with Crippen LogP contribution in [0.1, 0.15) is 12.5 Å². The van der Waals surface area contributed by atoms with E-state index in [0.29, 0.717) is 19.2 Å². The summed E-state index contributed by atoms with van der Waals surface area (Å²) in [5.41, 5.74) is 3.48. The largest absolute Gasteiger partial charge is 0.490 e. The minimum atomic E-state index is -0.291. The van der Waals surface area contributed by atoms with Crippen LogP contribution in [-0.4, -0.2) is 22.3 Å². The quantitative estimate of drug-likeness (QED) is 0.710. The first-order valence-electron chi connectivity index (χ1n) is 8.78. The van der Waals surface area contributed by atoms with E-state index in [2.05, 4.69) is 48.3 Å². The predicted molar refractivity (Wildman–Crippen MR) is 99.7 cm³/mol. The summed E-state index contributed by atoms with van der Waals surface area (Å²) in [6, 6.07) is 18.3. The molecule has 2 aromatic carbocycles. The molecule has 26 heavy (non-hydrogen) atoms. The van der Waals surface area contributed by atoms with Crippen LogP contribution in [0.3, 0.4) is 0 Å². The Morgan fingerprint density at radius 3 is 2.77 bits per heavy atom. The molecule has 0 fully saturated rings. The highest BCUT2D eigenvalue weighted by Crippen LogP contribution is 2.26. The summed E-state index contributed by atoms with van der Waals surface area (Å²) >= 11 is 0. The molecule has 3 aromatic rings. The Bertz CT molecular complexity index is 963. The lowest BCUT2D eigenvalue weighted by molar-refractivity contribution is 0.143. The summed E-state index contributed by atoms with van der Waals surface area (Å²) in [5.74, 6) is 0.796. The maximum Gasteiger partial charge on any atom is 0.300 e. The normalized spacial score (nSPS) is 15.3. The lowest BCUT2D eigenvalue weighted by Gasteiger charge is -2.12. The number of hydrogen-bond donors (Lipinski definition) is 0. The van der Waals surface area contributed by atoms with Crippen LogP contribution < -0.4 is 15.0 Å². The molecule has 5 heteroatoms. The van der Waals surface area contributed by atoms with Crippen LogP contribution in [0.4, 0.5) is 0 Å². The molecule has 0 saturated carbocycles. The highest BCUT2D eigenvalue weighted by Gasteiger charge is 2.23. The van der Waals surface area contributed by atoms with Crippen molar-refractivity contribution < 1.29 is 9.47 Å². The van der Waals surface area contributed by atoms with E-state index >= 15 is 0 Å². The summed E-state index contributed by atoms with van der Waals surface area (Å²) in [4.78, 5) is 15.1. The van der Waals surface area contributed by atoms with Gasteiger partial charge in [0, 0.05) is 12.3 Å². The molecular formula is C21H20N2O3. The monoisotopic (exact) mass is 348 g/mol. The molecule has 1 aromatic heterocycles. The van der Waals surface area contributed by atoms with Gasteiger partial charge in [0.25, 0.3) is 11.6 Å². The van der Waals surface area contributed by atoms with Crippen molar-refractivity contribution in [3.05, 3.63) is 76.7 Å². The minimum Gasteiger partial charge on any atom is -0.490 e. The van der Waals surface area contributed by atoms with Crippen LogP contribution in [-0.2, 0) is 13.0 Å². The highest BCUT2D eigenvalue weighted by atomic mass is 16.6. The topological polar surface area (TPSA) is 53.4 Å². The van der Waals surface area contributed by atoms with E-state index in [9.17, 15) is 4.79 Å². The Balaban J connectivity index is 1.40. The Kier molecular flexibility index (Phi) is 4.44. The van der Waals surface area contributed by atoms with Crippen LogP contribution in [0.2, 0.25) is 0 Å². The van der Waals surface area contributed by atoms with Gasteiger partial charge in [0.05, 0.1) is 6.54 Å². The van der Waals surface area contributed by atoms with Gasteiger partial charge in [0.15, 0.2) is 6.10 Å². The van der Waals surface area contributed by atoms with Crippen LogP contribution in [0.5, 0.6) is 11.8 Å². The van der Waals surface area contributed by atoms with Gasteiger partial charge in [-0.15, -0.1) is 0 Å². The summed E-state index contributed by atoms with van der Waals surface area (Å²) in [6.07, 6.45) is 2.56. The Hall–Kier alpha value is -3.08. The van der Waals surface area contributed by atoms with E-state index in [0.717, 1.165) is 12.2 Å². The van der Waals surface area contributed by atoms with E-state index in [1.54, 1.807) is 6.20 Å². The first kappa shape index (κ1) is 16.4. The average molecular weight is 348 g/mol. The molecule has 1 aliphatic rings. The Labute approximate surface area is 151 Å². The second kappa shape index (κ2) is 7.04. The summed E-state index contributed by atoms with van der Waals surface area (Å²) in [5, 5.41) is 0. The van der Waals surface area contributed by atoms with Crippen molar-refractivity contribution in [1.82, 2.24) is 9.55 Å². The van der Waals surface area contributed by atoms with Crippen molar-refractivity contribution in [3.8, 4) is 22.9 Å². The van der Waals surface area contributed by atoms with Gasteiger partial charge in [-0.25, -0.2) is 0 Å². The van der Waals surface area contributed by atoms with Gasteiger partial charge in [-0.2, -0.15) is 4.98 Å². The minimum absolute atomic E-state index is 0.148. The molecule has 2 heterocycles. The van der Waals surface area contributed by atoms with E-state index in [4.69, 9.17) is 9.47 Å². The summed E-state index contributed by atoms with van der Waals surface area (Å²) in [6.45, 7) is 3.20. The van der Waals surface area contributed by atoms with Crippen molar-refractivity contribution in [3.63, 3.8) is 0 Å². The van der Waals surface area contributed by atoms with E-state index in [1.165, 1.54) is 22.8 Å². The first-order valence-corrected chi connectivity index (χ1v) is 8.78. The van der Waals surface area contributed by atoms with E-state index in [-0.39, 0.29) is 11.7 Å². The van der Waals surface area contributed by atoms with Crippen molar-refractivity contribution in [2.45, 2.75) is 26.0 Å². The van der Waals surface area contributed by atoms with Crippen LogP contribution in [0, 0.1) is 0 Å². The second-order valence-electron chi connectivity index (χ2n) is 6.29. The number of benzene rings is 2. The van der Waals surface area contributed by atoms with Gasteiger partial charge < -0.3 is 9.47 Å². The van der Waals surface area contributed by atoms with Gasteiger partial charge in [-0.05, 0) is 35.2 Å². The van der Waals surface area contributed by atoms with E-state index < -0.39 is 0 Å². The standard InChI is InChI=1S/C21H20N2O3/c1-2-15-5-3-4-6-19(15)16-7-9-17(10-8-16)25-14-18-13-23-12-11-20(24)22-21(23)26-18/h3-12,18H,2,13-14H2,1H3. The molecule has 0 N–H and O–H groups in total. The molecule has 0 radical (unpaired) electrons. The van der Waals surface area contributed by atoms with Crippen LogP contribution >= 0.6 is 0 Å². The number of nitrogens with zero attached hydrogens (tertiary/aromatic N) is 2. The van der Waals surface area contributed by atoms with Crippen molar-refractivity contribution >= 4 is 0 Å². The fourth-order valence-electron chi connectivity index (χ4n) is 3.17. The number of hydrogen-bond acceptors (Lipinski definition) is 4. The van der Waals surface area contributed by atoms with Crippen molar-refractivity contribution in [2.24, 2.45) is 0 Å². The molecule has 0 aliphatic carbocycles. The number of aryl methyl sites for hydroxylation is 1. The smallest absolute Gasteiger partial charge is 0.300 e. The van der Waals surface area contributed by atoms with Crippen molar-refractivity contribution in [2.75, 3.05) is 6.61 Å². The maximum absolute atomic E-state index is 11.3. The molecule has 0 amide bonds. The van der Waals surface area contributed by atoms with Gasteiger partial charge in [-0.3, -0.25) is 9.36 Å². The number of fused-ring (bicyclic) bond motifs is 1. The number of rotatable bonds is 5. The summed E-state index contributed by atoms with van der Waals surface area (Å²) in [7, 11) is 0. The first-order chi connectivity index (χ1) is 12.7. The fraction of sp³-hybridized carbons (Fsp3) is 0.238. The second-order valence-corrected chi connectivity index (χ2v) is 6.29. The predicted octanol–water partition coefficient (Wildman–Crippen LogP) is 3.31. The van der Waals surface area contributed by atoms with Crippen LogP contribution in [0.15, 0.2) is 65.6 Å². The maximum atomic E-state index is 11.3. The fourth-order valence-corrected chi connectivity index (χ4v) is 3.17. The number of ether oxygens (including phenoxy) is 2. The third kappa shape index (κ3) is 3.33. The van der Waals surface area contributed by atoms with Gasteiger partial charge in [-0.1, -0.05) is 43.3 Å². The lowest BCUT2D eigenvalue weighted by Crippen LogP contribution is -2.23. The molecule has 132 valence electrons. The van der Waals surface area contributed by atoms with Gasteiger partial charge in [0.2, 0.25) is 0 Å². The molecule has 1 aliphatic heterocycles. The molecule has 0 spiro atoms. The van der Waals surface area contributed by atoms with Gasteiger partial charge >= 0.3 is 0 Å². The summed E-state index contributed by atoms with van der Waals surface area (Å²) < 4.78 is 13.3. The molecule has 5 nitrogen and oxygen atoms in total. The van der Waals surface area contributed by atoms with E-state index in [1.807, 2.05) is 16.7 Å². The molecule has 1 unspecified atom stereocenters. The number of aromatic nitrogens is 2. The zero-order chi connectivity index (χ0) is 17.9. The zero-order valence-electron chi connectivity index (χ0n) is 14.6.